The Morgan fingerprint density at radius 1 is 0.362 bits per heavy atom. The van der Waals surface area contributed by atoms with Crippen molar-refractivity contribution in [1.29, 1.82) is 0 Å². The molecule has 0 aliphatic heterocycles. The Kier molecular flexibility index (Phi) is 8.56. The standard InChI is InChI=1S/C64H42N4O/c1-64(2)54-23-10-8-20-49(54)50-31-27-46(38-55(50)64)63-66-61(40-15-4-3-5-16-40)65-62(67-63)45-19-12-18-44(34-45)48-22-13-25-59-60(48)53-37-43(29-33-58(53)69-59)42-28-32-57-52(36-42)51-21-9-11-24-56(51)68(57)47-30-26-39-14-6-7-17-41(39)35-47/h3-38H,1-2H3. The van der Waals surface area contributed by atoms with Crippen LogP contribution in [0.2, 0.25) is 0 Å². The van der Waals surface area contributed by atoms with Gasteiger partial charge in [0.05, 0.1) is 11.0 Å². The maximum absolute atomic E-state index is 6.59. The maximum Gasteiger partial charge on any atom is 0.164 e. The lowest BCUT2D eigenvalue weighted by molar-refractivity contribution is 0.660. The lowest BCUT2D eigenvalue weighted by Gasteiger charge is -2.21. The van der Waals surface area contributed by atoms with Crippen LogP contribution in [0, 0.1) is 0 Å². The molecule has 0 N–H and O–H groups in total. The number of benzene rings is 10. The molecule has 0 saturated carbocycles. The van der Waals surface area contributed by atoms with Gasteiger partial charge in [0.25, 0.3) is 0 Å². The first-order chi connectivity index (χ1) is 33.9. The van der Waals surface area contributed by atoms with Crippen LogP contribution in [-0.2, 0) is 5.41 Å². The summed E-state index contributed by atoms with van der Waals surface area (Å²) in [5.41, 5.74) is 17.4. The number of nitrogens with zero attached hydrogens (tertiary/aromatic N) is 4. The molecule has 1 aliphatic carbocycles. The molecule has 5 heteroatoms. The third kappa shape index (κ3) is 6.21. The second kappa shape index (κ2) is 15.0. The lowest BCUT2D eigenvalue weighted by Crippen LogP contribution is -2.15. The van der Waals surface area contributed by atoms with Crippen LogP contribution >= 0.6 is 0 Å². The van der Waals surface area contributed by atoms with Crippen LogP contribution < -0.4 is 0 Å². The van der Waals surface area contributed by atoms with Crippen molar-refractivity contribution in [1.82, 2.24) is 19.5 Å². The van der Waals surface area contributed by atoms with Gasteiger partial charge < -0.3 is 8.98 Å². The van der Waals surface area contributed by atoms with Crippen LogP contribution in [0.25, 0.3) is 128 Å². The summed E-state index contributed by atoms with van der Waals surface area (Å²) in [4.78, 5) is 15.5. The summed E-state index contributed by atoms with van der Waals surface area (Å²) in [6.07, 6.45) is 0. The molecule has 1 aliphatic rings. The normalized spacial score (nSPS) is 12.9. The largest absolute Gasteiger partial charge is 0.456 e. The minimum absolute atomic E-state index is 0.151. The van der Waals surface area contributed by atoms with E-state index in [9.17, 15) is 0 Å². The first kappa shape index (κ1) is 39.3. The van der Waals surface area contributed by atoms with Gasteiger partial charge >= 0.3 is 0 Å². The van der Waals surface area contributed by atoms with E-state index < -0.39 is 0 Å². The Balaban J connectivity index is 0.874. The van der Waals surface area contributed by atoms with E-state index in [1.807, 2.05) is 18.2 Å². The summed E-state index contributed by atoms with van der Waals surface area (Å²) >= 11 is 0. The minimum atomic E-state index is -0.151. The van der Waals surface area contributed by atoms with Gasteiger partial charge in [-0.1, -0.05) is 172 Å². The van der Waals surface area contributed by atoms with Crippen LogP contribution in [0.3, 0.4) is 0 Å². The van der Waals surface area contributed by atoms with Crippen LogP contribution in [-0.4, -0.2) is 19.5 Å². The quantitative estimate of drug-likeness (QED) is 0.167. The Labute approximate surface area is 398 Å². The molecule has 13 aromatic rings. The number of rotatable bonds is 6. The fourth-order valence-electron chi connectivity index (χ4n) is 11.0. The molecule has 0 saturated heterocycles. The zero-order valence-electron chi connectivity index (χ0n) is 38.0. The van der Waals surface area contributed by atoms with Crippen molar-refractivity contribution in [3.8, 4) is 73.2 Å². The Morgan fingerprint density at radius 3 is 1.86 bits per heavy atom. The molecule has 0 atom stereocenters. The van der Waals surface area contributed by atoms with Crippen LogP contribution in [0.15, 0.2) is 223 Å². The molecule has 0 fully saturated rings. The smallest absolute Gasteiger partial charge is 0.164 e. The molecular formula is C64H42N4O. The van der Waals surface area contributed by atoms with Crippen molar-refractivity contribution in [2.24, 2.45) is 0 Å². The average Bonchev–Trinajstić information content (AvgIpc) is 4.03. The highest BCUT2D eigenvalue weighted by atomic mass is 16.3. The van der Waals surface area contributed by atoms with E-state index in [0.717, 1.165) is 66.6 Å². The van der Waals surface area contributed by atoms with Gasteiger partial charge in [0.2, 0.25) is 0 Å². The average molecular weight is 883 g/mol. The van der Waals surface area contributed by atoms with E-state index in [-0.39, 0.29) is 5.41 Å². The van der Waals surface area contributed by atoms with E-state index in [1.54, 1.807) is 0 Å². The SMILES string of the molecule is CC1(C)c2ccccc2-c2ccc(-c3nc(-c4ccccc4)nc(-c4cccc(-c5cccc6oc7ccc(-c8ccc9c(c8)c8ccccc8n9-c8ccc9ccccc9c8)cc7c56)c4)n3)cc21. The van der Waals surface area contributed by atoms with Gasteiger partial charge in [-0.25, -0.2) is 15.0 Å². The zero-order valence-corrected chi connectivity index (χ0v) is 38.0. The molecule has 10 aromatic carbocycles. The van der Waals surface area contributed by atoms with Crippen molar-refractivity contribution >= 4 is 54.5 Å². The monoisotopic (exact) mass is 882 g/mol. The Bertz CT molecular complexity index is 4230. The predicted molar refractivity (Wildman–Crippen MR) is 284 cm³/mol. The Morgan fingerprint density at radius 2 is 0.986 bits per heavy atom. The molecular weight excluding hydrogens is 841 g/mol. The highest BCUT2D eigenvalue weighted by Gasteiger charge is 2.35. The molecule has 0 radical (unpaired) electrons. The molecule has 5 nitrogen and oxygen atoms in total. The lowest BCUT2D eigenvalue weighted by atomic mass is 9.82. The first-order valence-corrected chi connectivity index (χ1v) is 23.6. The third-order valence-corrected chi connectivity index (χ3v) is 14.4. The second-order valence-corrected chi connectivity index (χ2v) is 18.8. The van der Waals surface area contributed by atoms with E-state index in [0.29, 0.717) is 17.5 Å². The number of hydrogen-bond acceptors (Lipinski definition) is 4. The van der Waals surface area contributed by atoms with Gasteiger partial charge in [0.15, 0.2) is 17.5 Å². The minimum Gasteiger partial charge on any atom is -0.456 e. The van der Waals surface area contributed by atoms with Crippen molar-refractivity contribution < 1.29 is 4.42 Å². The predicted octanol–water partition coefficient (Wildman–Crippen LogP) is 16.7. The molecule has 0 unspecified atom stereocenters. The van der Waals surface area contributed by atoms with Gasteiger partial charge in [-0.3, -0.25) is 0 Å². The summed E-state index contributed by atoms with van der Waals surface area (Å²) in [5, 5.41) is 7.04. The molecule has 69 heavy (non-hydrogen) atoms. The molecule has 0 spiro atoms. The summed E-state index contributed by atoms with van der Waals surface area (Å²) < 4.78 is 8.98. The van der Waals surface area contributed by atoms with Crippen molar-refractivity contribution in [3.63, 3.8) is 0 Å². The van der Waals surface area contributed by atoms with Crippen molar-refractivity contribution in [3.05, 3.63) is 230 Å². The molecule has 3 heterocycles. The van der Waals surface area contributed by atoms with Gasteiger partial charge in [0, 0.05) is 49.3 Å². The third-order valence-electron chi connectivity index (χ3n) is 14.4. The van der Waals surface area contributed by atoms with Crippen LogP contribution in [0.4, 0.5) is 0 Å². The number of hydrogen-bond donors (Lipinski definition) is 0. The van der Waals surface area contributed by atoms with Gasteiger partial charge in [-0.15, -0.1) is 0 Å². The highest BCUT2D eigenvalue weighted by Crippen LogP contribution is 2.49. The topological polar surface area (TPSA) is 56.7 Å². The van der Waals surface area contributed by atoms with E-state index in [4.69, 9.17) is 19.4 Å². The molecule has 0 amide bonds. The van der Waals surface area contributed by atoms with Gasteiger partial charge in [-0.05, 0) is 116 Å². The first-order valence-electron chi connectivity index (χ1n) is 23.6. The summed E-state index contributed by atoms with van der Waals surface area (Å²) in [6, 6.07) is 77.9. The molecule has 14 rings (SSSR count). The van der Waals surface area contributed by atoms with E-state index >= 15 is 0 Å². The number of fused-ring (bicyclic) bond motifs is 10. The number of furan rings is 1. The summed E-state index contributed by atoms with van der Waals surface area (Å²) in [6.45, 7) is 4.61. The van der Waals surface area contributed by atoms with Gasteiger partial charge in [-0.2, -0.15) is 0 Å². The fraction of sp³-hybridized carbons (Fsp3) is 0.0469. The Hall–Kier alpha value is -8.93. The zero-order chi connectivity index (χ0) is 45.8. The van der Waals surface area contributed by atoms with Crippen molar-refractivity contribution in [2.45, 2.75) is 19.3 Å². The van der Waals surface area contributed by atoms with E-state index in [1.165, 1.54) is 54.8 Å². The summed E-state index contributed by atoms with van der Waals surface area (Å²) in [7, 11) is 0. The summed E-state index contributed by atoms with van der Waals surface area (Å²) in [5.74, 6) is 1.90. The molecule has 3 aromatic heterocycles. The molecule has 324 valence electrons. The highest BCUT2D eigenvalue weighted by molar-refractivity contribution is 6.14. The van der Waals surface area contributed by atoms with Crippen molar-refractivity contribution in [2.75, 3.05) is 0 Å². The van der Waals surface area contributed by atoms with Crippen LogP contribution in [0.1, 0.15) is 25.0 Å². The molecule has 0 bridgehead atoms. The maximum atomic E-state index is 6.59. The number of aromatic nitrogens is 4. The fourth-order valence-corrected chi connectivity index (χ4v) is 11.0. The van der Waals surface area contributed by atoms with E-state index in [2.05, 4.69) is 219 Å². The van der Waals surface area contributed by atoms with Gasteiger partial charge in [0.1, 0.15) is 11.2 Å². The second-order valence-electron chi connectivity index (χ2n) is 18.8. The van der Waals surface area contributed by atoms with Crippen LogP contribution in [0.5, 0.6) is 0 Å². The number of para-hydroxylation sites is 1.